The molecule has 1 unspecified atom stereocenters. The van der Waals surface area contributed by atoms with E-state index in [4.69, 9.17) is 0 Å². The Bertz CT molecular complexity index is 490. The Morgan fingerprint density at radius 2 is 2.00 bits per heavy atom. The van der Waals surface area contributed by atoms with Gasteiger partial charge in [0.2, 0.25) is 0 Å². The quantitative estimate of drug-likeness (QED) is 0.878. The number of hydrogen-bond donors (Lipinski definition) is 1. The van der Waals surface area contributed by atoms with E-state index in [1.54, 1.807) is 10.9 Å². The third-order valence-electron chi connectivity index (χ3n) is 3.42. The minimum Gasteiger partial charge on any atom is -0.388 e. The van der Waals surface area contributed by atoms with Crippen LogP contribution >= 0.6 is 0 Å². The van der Waals surface area contributed by atoms with Crippen LogP contribution in [0.4, 0.5) is 0 Å². The van der Waals surface area contributed by atoms with Crippen molar-refractivity contribution in [3.63, 3.8) is 0 Å². The van der Waals surface area contributed by atoms with Crippen molar-refractivity contribution in [1.29, 1.82) is 0 Å². The molecule has 0 fully saturated rings. The van der Waals surface area contributed by atoms with Gasteiger partial charge >= 0.3 is 0 Å². The van der Waals surface area contributed by atoms with Crippen molar-refractivity contribution in [2.24, 2.45) is 7.05 Å². The number of aromatic nitrogens is 2. The van der Waals surface area contributed by atoms with Gasteiger partial charge in [-0.25, -0.2) is 0 Å². The molecule has 18 heavy (non-hydrogen) atoms. The minimum absolute atomic E-state index is 0.401. The first-order valence-electron chi connectivity index (χ1n) is 6.39. The maximum atomic E-state index is 10.1. The fraction of sp³-hybridized carbons (Fsp3) is 0.400. The Morgan fingerprint density at radius 1 is 1.28 bits per heavy atom. The van der Waals surface area contributed by atoms with E-state index in [-0.39, 0.29) is 0 Å². The standard InChI is InChI=1S/C15H20N2O/c1-12-14(11-16-17(12)2)15(18)10-6-9-13-7-4-3-5-8-13/h3-5,7-8,11,15,18H,6,9-10H2,1-2H3. The maximum Gasteiger partial charge on any atom is 0.0823 e. The summed E-state index contributed by atoms with van der Waals surface area (Å²) in [6.45, 7) is 1.99. The Balaban J connectivity index is 1.85. The van der Waals surface area contributed by atoms with E-state index >= 15 is 0 Å². The molecular weight excluding hydrogens is 224 g/mol. The molecule has 0 radical (unpaired) electrons. The van der Waals surface area contributed by atoms with Crippen molar-refractivity contribution in [1.82, 2.24) is 9.78 Å². The monoisotopic (exact) mass is 244 g/mol. The lowest BCUT2D eigenvalue weighted by Crippen LogP contribution is -2.01. The van der Waals surface area contributed by atoms with Gasteiger partial charge in [-0.05, 0) is 31.7 Å². The Morgan fingerprint density at radius 3 is 2.61 bits per heavy atom. The molecule has 2 aromatic rings. The lowest BCUT2D eigenvalue weighted by molar-refractivity contribution is 0.164. The molecule has 0 saturated carbocycles. The molecular formula is C15H20N2O. The van der Waals surface area contributed by atoms with Crippen LogP contribution in [0.1, 0.15) is 35.8 Å². The number of benzene rings is 1. The van der Waals surface area contributed by atoms with Crippen LogP contribution in [-0.2, 0) is 13.5 Å². The molecule has 96 valence electrons. The fourth-order valence-electron chi connectivity index (χ4n) is 2.14. The van der Waals surface area contributed by atoms with E-state index < -0.39 is 6.10 Å². The van der Waals surface area contributed by atoms with E-state index in [9.17, 15) is 5.11 Å². The predicted molar refractivity (Wildman–Crippen MR) is 72.3 cm³/mol. The highest BCUT2D eigenvalue weighted by Crippen LogP contribution is 2.22. The molecule has 2 rings (SSSR count). The maximum absolute atomic E-state index is 10.1. The average Bonchev–Trinajstić information content (AvgIpc) is 2.71. The summed E-state index contributed by atoms with van der Waals surface area (Å²) in [7, 11) is 1.90. The first-order valence-corrected chi connectivity index (χ1v) is 6.39. The van der Waals surface area contributed by atoms with Crippen molar-refractivity contribution < 1.29 is 5.11 Å². The van der Waals surface area contributed by atoms with E-state index in [2.05, 4.69) is 29.4 Å². The van der Waals surface area contributed by atoms with Gasteiger partial charge in [0.15, 0.2) is 0 Å². The van der Waals surface area contributed by atoms with Crippen molar-refractivity contribution in [2.75, 3.05) is 0 Å². The van der Waals surface area contributed by atoms with Gasteiger partial charge in [0, 0.05) is 18.3 Å². The number of hydrogen-bond acceptors (Lipinski definition) is 2. The van der Waals surface area contributed by atoms with Gasteiger partial charge in [0.25, 0.3) is 0 Å². The Labute approximate surface area is 108 Å². The van der Waals surface area contributed by atoms with Gasteiger partial charge in [-0.3, -0.25) is 4.68 Å². The van der Waals surface area contributed by atoms with Crippen molar-refractivity contribution in [3.8, 4) is 0 Å². The molecule has 0 aliphatic carbocycles. The van der Waals surface area contributed by atoms with Crippen LogP contribution in [0.2, 0.25) is 0 Å². The van der Waals surface area contributed by atoms with Gasteiger partial charge < -0.3 is 5.11 Å². The largest absolute Gasteiger partial charge is 0.388 e. The van der Waals surface area contributed by atoms with E-state index in [1.165, 1.54) is 5.56 Å². The van der Waals surface area contributed by atoms with Gasteiger partial charge in [-0.2, -0.15) is 5.10 Å². The highest BCUT2D eigenvalue weighted by Gasteiger charge is 2.13. The first-order chi connectivity index (χ1) is 8.68. The van der Waals surface area contributed by atoms with Gasteiger partial charge in [-0.1, -0.05) is 30.3 Å². The molecule has 1 aromatic heterocycles. The van der Waals surface area contributed by atoms with Crippen molar-refractivity contribution in [2.45, 2.75) is 32.3 Å². The van der Waals surface area contributed by atoms with Crippen LogP contribution in [0.5, 0.6) is 0 Å². The second-order valence-corrected chi connectivity index (χ2v) is 4.70. The zero-order chi connectivity index (χ0) is 13.0. The highest BCUT2D eigenvalue weighted by molar-refractivity contribution is 5.19. The van der Waals surface area contributed by atoms with Gasteiger partial charge in [0.05, 0.1) is 12.3 Å². The SMILES string of the molecule is Cc1c(C(O)CCCc2ccccc2)cnn1C. The van der Waals surface area contributed by atoms with Gasteiger partial charge in [0.1, 0.15) is 0 Å². The first kappa shape index (κ1) is 12.8. The van der Waals surface area contributed by atoms with Crippen LogP contribution in [0.3, 0.4) is 0 Å². The Kier molecular flexibility index (Phi) is 4.15. The van der Waals surface area contributed by atoms with Gasteiger partial charge in [-0.15, -0.1) is 0 Å². The summed E-state index contributed by atoms with van der Waals surface area (Å²) < 4.78 is 1.80. The number of aryl methyl sites for hydroxylation is 2. The molecule has 1 heterocycles. The Hall–Kier alpha value is -1.61. The lowest BCUT2D eigenvalue weighted by atomic mass is 10.0. The lowest BCUT2D eigenvalue weighted by Gasteiger charge is -2.10. The number of aliphatic hydroxyl groups excluding tert-OH is 1. The van der Waals surface area contributed by atoms with Crippen LogP contribution in [0.25, 0.3) is 0 Å². The zero-order valence-electron chi connectivity index (χ0n) is 11.0. The van der Waals surface area contributed by atoms with E-state index in [1.807, 2.05) is 20.0 Å². The molecule has 1 atom stereocenters. The average molecular weight is 244 g/mol. The molecule has 1 aromatic carbocycles. The fourth-order valence-corrected chi connectivity index (χ4v) is 2.14. The molecule has 0 aliphatic heterocycles. The van der Waals surface area contributed by atoms with Crippen LogP contribution in [0.15, 0.2) is 36.5 Å². The van der Waals surface area contributed by atoms with E-state index in [0.717, 1.165) is 30.5 Å². The van der Waals surface area contributed by atoms with Crippen molar-refractivity contribution in [3.05, 3.63) is 53.3 Å². The third-order valence-corrected chi connectivity index (χ3v) is 3.42. The second-order valence-electron chi connectivity index (χ2n) is 4.70. The number of rotatable bonds is 5. The summed E-state index contributed by atoms with van der Waals surface area (Å²) in [6.07, 6.45) is 4.14. The van der Waals surface area contributed by atoms with Crippen molar-refractivity contribution >= 4 is 0 Å². The molecule has 0 saturated heterocycles. The summed E-state index contributed by atoms with van der Waals surface area (Å²) in [5.74, 6) is 0. The molecule has 3 nitrogen and oxygen atoms in total. The summed E-state index contributed by atoms with van der Waals surface area (Å²) >= 11 is 0. The molecule has 0 spiro atoms. The second kappa shape index (κ2) is 5.83. The molecule has 0 bridgehead atoms. The molecule has 0 amide bonds. The summed E-state index contributed by atoms with van der Waals surface area (Å²) in [6, 6.07) is 10.4. The molecule has 1 N–H and O–H groups in total. The van der Waals surface area contributed by atoms with Crippen LogP contribution in [0, 0.1) is 6.92 Å². The zero-order valence-corrected chi connectivity index (χ0v) is 11.0. The minimum atomic E-state index is -0.401. The number of nitrogens with zero attached hydrogens (tertiary/aromatic N) is 2. The molecule has 0 aliphatic rings. The van der Waals surface area contributed by atoms with Crippen LogP contribution < -0.4 is 0 Å². The normalized spacial score (nSPS) is 12.6. The molecule has 3 heteroatoms. The predicted octanol–water partition coefficient (Wildman–Crippen LogP) is 2.78. The topological polar surface area (TPSA) is 38.1 Å². The van der Waals surface area contributed by atoms with Crippen LogP contribution in [-0.4, -0.2) is 14.9 Å². The van der Waals surface area contributed by atoms with E-state index in [0.29, 0.717) is 0 Å². The number of aliphatic hydroxyl groups is 1. The third kappa shape index (κ3) is 2.99. The smallest absolute Gasteiger partial charge is 0.0823 e. The summed E-state index contributed by atoms with van der Waals surface area (Å²) in [5.41, 5.74) is 3.32. The highest BCUT2D eigenvalue weighted by atomic mass is 16.3. The summed E-state index contributed by atoms with van der Waals surface area (Å²) in [4.78, 5) is 0. The summed E-state index contributed by atoms with van der Waals surface area (Å²) in [5, 5.41) is 14.3.